The molecule has 52 heavy (non-hydrogen) atoms. The van der Waals surface area contributed by atoms with Crippen LogP contribution in [0.3, 0.4) is 0 Å². The molecule has 0 fully saturated rings. The Bertz CT molecular complexity index is 2030. The van der Waals surface area contributed by atoms with Crippen LogP contribution in [0.25, 0.3) is 44.3 Å². The van der Waals surface area contributed by atoms with Gasteiger partial charge < -0.3 is 28.4 Å². The van der Waals surface area contributed by atoms with Crippen molar-refractivity contribution in [2.24, 2.45) is 0 Å². The second-order valence-electron chi connectivity index (χ2n) is 11.9. The van der Waals surface area contributed by atoms with E-state index in [-0.39, 0.29) is 0 Å². The van der Waals surface area contributed by atoms with Gasteiger partial charge in [0.15, 0.2) is 0 Å². The molecule has 0 spiro atoms. The summed E-state index contributed by atoms with van der Waals surface area (Å²) in [6.45, 7) is 11.5. The highest BCUT2D eigenvalue weighted by Crippen LogP contribution is 2.30. The molecule has 0 saturated carbocycles. The van der Waals surface area contributed by atoms with E-state index in [4.69, 9.17) is 38.4 Å². The van der Waals surface area contributed by atoms with Crippen molar-refractivity contribution in [1.82, 2.24) is 9.97 Å². The zero-order valence-corrected chi connectivity index (χ0v) is 29.4. The third-order valence-corrected chi connectivity index (χ3v) is 8.19. The van der Waals surface area contributed by atoms with Crippen LogP contribution < -0.4 is 18.9 Å². The van der Waals surface area contributed by atoms with Gasteiger partial charge in [-0.3, -0.25) is 0 Å². The Morgan fingerprint density at radius 3 is 1.10 bits per heavy atom. The van der Waals surface area contributed by atoms with Crippen LogP contribution in [0.4, 0.5) is 0 Å². The van der Waals surface area contributed by atoms with Crippen LogP contribution in [0.2, 0.25) is 0 Å². The van der Waals surface area contributed by atoms with Crippen molar-refractivity contribution in [2.45, 2.75) is 12.8 Å². The van der Waals surface area contributed by atoms with E-state index in [0.717, 1.165) is 80.2 Å². The lowest BCUT2D eigenvalue weighted by Gasteiger charge is -2.10. The highest BCUT2D eigenvalue weighted by molar-refractivity contribution is 6.04. The van der Waals surface area contributed by atoms with Crippen molar-refractivity contribution in [3.05, 3.63) is 135 Å². The molecule has 0 atom stereocenters. The number of nitrogens with zero attached hydrogens (tertiary/aromatic N) is 2. The molecule has 2 aromatic heterocycles. The molecule has 8 heteroatoms. The van der Waals surface area contributed by atoms with Crippen LogP contribution in [-0.4, -0.2) is 62.8 Å². The summed E-state index contributed by atoms with van der Waals surface area (Å²) in [5.74, 6) is 3.19. The van der Waals surface area contributed by atoms with Crippen LogP contribution in [0.15, 0.2) is 135 Å². The van der Waals surface area contributed by atoms with Crippen LogP contribution in [0.5, 0.6) is 23.0 Å². The molecule has 4 aromatic carbocycles. The highest BCUT2D eigenvalue weighted by Gasteiger charge is 2.10. The molecule has 0 aliphatic rings. The minimum Gasteiger partial charge on any atom is -0.493 e. The summed E-state index contributed by atoms with van der Waals surface area (Å²) in [7, 11) is 0. The largest absolute Gasteiger partial charge is 0.493 e. The Morgan fingerprint density at radius 2 is 0.712 bits per heavy atom. The predicted molar refractivity (Wildman–Crippen MR) is 208 cm³/mol. The lowest BCUT2D eigenvalue weighted by Crippen LogP contribution is -2.13. The minimum absolute atomic E-state index is 0.440. The van der Waals surface area contributed by atoms with E-state index in [1.807, 2.05) is 97.1 Å². The van der Waals surface area contributed by atoms with Crippen LogP contribution in [0.1, 0.15) is 12.8 Å². The maximum Gasteiger partial charge on any atom is 0.119 e. The molecule has 266 valence electrons. The van der Waals surface area contributed by atoms with E-state index in [2.05, 4.69) is 37.4 Å². The molecular formula is C44H44N2O6. The van der Waals surface area contributed by atoms with Gasteiger partial charge in [-0.1, -0.05) is 36.4 Å². The molecule has 0 radical (unpaired) electrons. The lowest BCUT2D eigenvalue weighted by molar-refractivity contribution is 0.0273. The smallest absolute Gasteiger partial charge is 0.119 e. The van der Waals surface area contributed by atoms with Gasteiger partial charge in [0.1, 0.15) is 36.2 Å². The van der Waals surface area contributed by atoms with Gasteiger partial charge >= 0.3 is 0 Å². The zero-order chi connectivity index (χ0) is 35.8. The first-order valence-corrected chi connectivity index (χ1v) is 17.6. The number of fused-ring (bicyclic) bond motifs is 3. The second-order valence-corrected chi connectivity index (χ2v) is 11.9. The van der Waals surface area contributed by atoms with Crippen molar-refractivity contribution in [1.29, 1.82) is 0 Å². The summed E-state index contributed by atoms with van der Waals surface area (Å²) in [5.41, 5.74) is 5.51. The molecule has 0 saturated heterocycles. The molecule has 6 aromatic rings. The van der Waals surface area contributed by atoms with Crippen molar-refractivity contribution in [3.8, 4) is 45.5 Å². The predicted octanol–water partition coefficient (Wildman–Crippen LogP) is 9.52. The molecule has 0 aliphatic carbocycles. The molecule has 8 nitrogen and oxygen atoms in total. The van der Waals surface area contributed by atoms with Gasteiger partial charge in [0.25, 0.3) is 0 Å². The first-order valence-electron chi connectivity index (χ1n) is 17.6. The molecule has 0 amide bonds. The summed E-state index contributed by atoms with van der Waals surface area (Å²) in [6, 6.07) is 36.0. The molecule has 0 bridgehead atoms. The lowest BCUT2D eigenvalue weighted by atomic mass is 10.1. The first kappa shape index (κ1) is 36.1. The number of hydrogen-bond donors (Lipinski definition) is 0. The van der Waals surface area contributed by atoms with Crippen molar-refractivity contribution in [3.63, 3.8) is 0 Å². The van der Waals surface area contributed by atoms with E-state index in [9.17, 15) is 0 Å². The van der Waals surface area contributed by atoms with Crippen molar-refractivity contribution >= 4 is 21.8 Å². The fourth-order valence-corrected chi connectivity index (χ4v) is 5.44. The summed E-state index contributed by atoms with van der Waals surface area (Å²) >= 11 is 0. The fourth-order valence-electron chi connectivity index (χ4n) is 5.44. The standard InChI is InChI=1S/C44H44N2O6/c1-3-5-25-49-37-15-9-33(10-16-37)41-23-13-35-7-8-36-14-24-42(46-44(36)43(35)45-41)34-11-17-38(18-12-34)51-31-29-47-27-28-48-30-32-52-40-21-19-39(20-22-40)50-26-6-4-2/h3-4,7-24H,1-2,5-6,25-32H2. The van der Waals surface area contributed by atoms with Gasteiger partial charge in [-0.15, -0.1) is 13.2 Å². The fraction of sp³-hybridized carbons (Fsp3) is 0.227. The zero-order valence-electron chi connectivity index (χ0n) is 29.4. The van der Waals surface area contributed by atoms with Gasteiger partial charge in [0.05, 0.1) is 62.1 Å². The summed E-state index contributed by atoms with van der Waals surface area (Å²) in [5, 5.41) is 2.08. The number of benzene rings is 4. The third-order valence-electron chi connectivity index (χ3n) is 8.19. The molecule has 0 unspecified atom stereocenters. The number of ether oxygens (including phenoxy) is 6. The molecule has 0 N–H and O–H groups in total. The Labute approximate surface area is 305 Å². The number of pyridine rings is 2. The second kappa shape index (κ2) is 19.1. The Hall–Kier alpha value is -5.70. The van der Waals surface area contributed by atoms with Gasteiger partial charge in [-0.05, 0) is 97.8 Å². The van der Waals surface area contributed by atoms with Gasteiger partial charge in [0.2, 0.25) is 0 Å². The summed E-state index contributed by atoms with van der Waals surface area (Å²) in [4.78, 5) is 10.1. The van der Waals surface area contributed by atoms with Crippen molar-refractivity contribution < 1.29 is 28.4 Å². The molecule has 2 heterocycles. The number of hydrogen-bond acceptors (Lipinski definition) is 8. The van der Waals surface area contributed by atoms with E-state index in [0.29, 0.717) is 52.9 Å². The maximum absolute atomic E-state index is 5.90. The minimum atomic E-state index is 0.440. The molecule has 6 rings (SSSR count). The van der Waals surface area contributed by atoms with Gasteiger partial charge in [-0.2, -0.15) is 0 Å². The third kappa shape index (κ3) is 10.2. The molecule has 0 aliphatic heterocycles. The maximum atomic E-state index is 5.90. The Kier molecular flexibility index (Phi) is 13.2. The van der Waals surface area contributed by atoms with Gasteiger partial charge in [-0.25, -0.2) is 9.97 Å². The van der Waals surface area contributed by atoms with Gasteiger partial charge in [0, 0.05) is 21.9 Å². The van der Waals surface area contributed by atoms with E-state index in [1.165, 1.54) is 0 Å². The number of aromatic nitrogens is 2. The van der Waals surface area contributed by atoms with Crippen LogP contribution in [0, 0.1) is 0 Å². The van der Waals surface area contributed by atoms with Crippen LogP contribution in [-0.2, 0) is 9.47 Å². The van der Waals surface area contributed by atoms with Crippen LogP contribution >= 0.6 is 0 Å². The SMILES string of the molecule is C=CCCOc1ccc(OCCOCCOCCOc2ccc(-c3ccc4ccc5ccc(-c6ccc(OCCC=C)cc6)nc5c4n3)cc2)cc1. The van der Waals surface area contributed by atoms with Crippen molar-refractivity contribution in [2.75, 3.05) is 52.9 Å². The normalized spacial score (nSPS) is 11.0. The first-order chi connectivity index (χ1) is 25.7. The molecular weight excluding hydrogens is 652 g/mol. The quantitative estimate of drug-likeness (QED) is 0.0418. The van der Waals surface area contributed by atoms with E-state index < -0.39 is 0 Å². The number of rotatable bonds is 21. The van der Waals surface area contributed by atoms with E-state index in [1.54, 1.807) is 0 Å². The van der Waals surface area contributed by atoms with E-state index >= 15 is 0 Å². The average molecular weight is 697 g/mol. The average Bonchev–Trinajstić information content (AvgIpc) is 3.19. The monoisotopic (exact) mass is 696 g/mol. The Morgan fingerprint density at radius 1 is 0.385 bits per heavy atom. The summed E-state index contributed by atoms with van der Waals surface area (Å²) in [6.07, 6.45) is 5.31. The Balaban J connectivity index is 0.941. The topological polar surface area (TPSA) is 81.2 Å². The highest BCUT2D eigenvalue weighted by atomic mass is 16.6. The summed E-state index contributed by atoms with van der Waals surface area (Å²) < 4.78 is 34.3.